The molecule has 2 heterocycles. The Labute approximate surface area is 151 Å². The van der Waals surface area contributed by atoms with E-state index in [0.717, 1.165) is 44.3 Å². The number of hydrogen-bond donors (Lipinski definition) is 1. The molecule has 1 N–H and O–H groups in total. The predicted molar refractivity (Wildman–Crippen MR) is 103 cm³/mol. The van der Waals surface area contributed by atoms with Gasteiger partial charge in [0, 0.05) is 43.5 Å². The summed E-state index contributed by atoms with van der Waals surface area (Å²) in [5.41, 5.74) is 1.26. The van der Waals surface area contributed by atoms with Gasteiger partial charge >= 0.3 is 0 Å². The van der Waals surface area contributed by atoms with Crippen molar-refractivity contribution in [2.75, 3.05) is 44.7 Å². The van der Waals surface area contributed by atoms with Gasteiger partial charge in [-0.1, -0.05) is 13.8 Å². The maximum Gasteiger partial charge on any atom is 0.269 e. The first kappa shape index (κ1) is 19.7. The molecule has 1 aromatic carbocycles. The molecule has 0 amide bonds. The number of hydrogen-bond acceptors (Lipinski definition) is 5. The van der Waals surface area contributed by atoms with Gasteiger partial charge in [0.05, 0.1) is 4.92 Å². The van der Waals surface area contributed by atoms with Crippen molar-refractivity contribution in [1.82, 2.24) is 10.2 Å². The van der Waals surface area contributed by atoms with Crippen LogP contribution in [0.25, 0.3) is 0 Å². The summed E-state index contributed by atoms with van der Waals surface area (Å²) >= 11 is 0. The molecule has 0 saturated carbocycles. The molecule has 0 radical (unpaired) electrons. The lowest BCUT2D eigenvalue weighted by molar-refractivity contribution is -0.384. The molecule has 140 valence electrons. The van der Waals surface area contributed by atoms with E-state index in [-0.39, 0.29) is 10.6 Å². The van der Waals surface area contributed by atoms with E-state index in [0.29, 0.717) is 6.04 Å². The zero-order valence-electron chi connectivity index (χ0n) is 15.8. The maximum atomic E-state index is 10.8. The minimum Gasteiger partial charge on any atom is -0.369 e. The van der Waals surface area contributed by atoms with Gasteiger partial charge in [0.25, 0.3) is 5.69 Å². The van der Waals surface area contributed by atoms with Gasteiger partial charge in [-0.25, -0.2) is 0 Å². The number of nitro benzene ring substituents is 1. The van der Waals surface area contributed by atoms with E-state index in [1.165, 1.54) is 19.3 Å². The van der Waals surface area contributed by atoms with Gasteiger partial charge < -0.3 is 10.2 Å². The fourth-order valence-corrected chi connectivity index (χ4v) is 3.72. The lowest BCUT2D eigenvalue weighted by Crippen LogP contribution is -2.52. The van der Waals surface area contributed by atoms with Gasteiger partial charge in [-0.15, -0.1) is 0 Å². The van der Waals surface area contributed by atoms with Crippen LogP contribution in [0.2, 0.25) is 0 Å². The fourth-order valence-electron chi connectivity index (χ4n) is 3.72. The minimum absolute atomic E-state index is 0.161. The normalized spacial score (nSPS) is 22.2. The van der Waals surface area contributed by atoms with Crippen LogP contribution in [0.5, 0.6) is 0 Å². The molecule has 2 aliphatic heterocycles. The van der Waals surface area contributed by atoms with Crippen molar-refractivity contribution in [2.24, 2.45) is 5.92 Å². The van der Waals surface area contributed by atoms with Crippen molar-refractivity contribution in [3.8, 4) is 0 Å². The monoisotopic (exact) mass is 348 g/mol. The highest BCUT2D eigenvalue weighted by molar-refractivity contribution is 5.51. The number of non-ortho nitro benzene ring substituents is 1. The summed E-state index contributed by atoms with van der Waals surface area (Å²) in [4.78, 5) is 15.3. The second-order valence-corrected chi connectivity index (χ2v) is 6.78. The van der Waals surface area contributed by atoms with Gasteiger partial charge in [0.1, 0.15) is 0 Å². The van der Waals surface area contributed by atoms with Gasteiger partial charge in [-0.05, 0) is 57.5 Å². The SMILES string of the molecule is CC.CN1CCN(c2ccc([N+](=O)[O-])cc2)CC1CC1CCNCC1. The first-order valence-electron chi connectivity index (χ1n) is 9.54. The van der Waals surface area contributed by atoms with Crippen LogP contribution in [-0.2, 0) is 0 Å². The van der Waals surface area contributed by atoms with Crippen molar-refractivity contribution in [1.29, 1.82) is 0 Å². The first-order valence-corrected chi connectivity index (χ1v) is 9.54. The van der Waals surface area contributed by atoms with Crippen molar-refractivity contribution in [2.45, 2.75) is 39.2 Å². The molecule has 0 spiro atoms. The quantitative estimate of drug-likeness (QED) is 0.669. The molecule has 2 saturated heterocycles. The highest BCUT2D eigenvalue weighted by atomic mass is 16.6. The molecular weight excluding hydrogens is 316 g/mol. The molecular formula is C19H32N4O2. The van der Waals surface area contributed by atoms with E-state index in [4.69, 9.17) is 0 Å². The molecule has 1 unspecified atom stereocenters. The number of nitrogens with one attached hydrogen (secondary N) is 1. The molecule has 0 bridgehead atoms. The van der Waals surface area contributed by atoms with Gasteiger partial charge in [0.2, 0.25) is 0 Å². The third-order valence-electron chi connectivity index (χ3n) is 5.27. The van der Waals surface area contributed by atoms with E-state index in [1.54, 1.807) is 12.1 Å². The third-order valence-corrected chi connectivity index (χ3v) is 5.27. The molecule has 2 aliphatic rings. The van der Waals surface area contributed by atoms with Crippen molar-refractivity contribution < 1.29 is 4.92 Å². The summed E-state index contributed by atoms with van der Waals surface area (Å²) in [5.74, 6) is 0.820. The Kier molecular flexibility index (Phi) is 7.65. The Bertz CT molecular complexity index is 529. The summed E-state index contributed by atoms with van der Waals surface area (Å²) in [5, 5.41) is 14.2. The van der Waals surface area contributed by atoms with Crippen LogP contribution in [0.15, 0.2) is 24.3 Å². The Morgan fingerprint density at radius 2 is 1.80 bits per heavy atom. The Morgan fingerprint density at radius 1 is 1.16 bits per heavy atom. The number of anilines is 1. The van der Waals surface area contributed by atoms with E-state index in [9.17, 15) is 10.1 Å². The van der Waals surface area contributed by atoms with Gasteiger partial charge in [-0.3, -0.25) is 15.0 Å². The highest BCUT2D eigenvalue weighted by Crippen LogP contribution is 2.26. The van der Waals surface area contributed by atoms with Crippen LogP contribution in [0, 0.1) is 16.0 Å². The standard InChI is InChI=1S/C17H26N4O2.C2H6/c1-19-10-11-20(15-2-4-16(5-3-15)21(22)23)13-17(19)12-14-6-8-18-9-7-14;1-2/h2-5,14,17-18H,6-13H2,1H3;1-2H3. The van der Waals surface area contributed by atoms with Crippen LogP contribution in [0.3, 0.4) is 0 Å². The number of nitrogens with zero attached hydrogens (tertiary/aromatic N) is 3. The number of nitro groups is 1. The van der Waals surface area contributed by atoms with Crippen LogP contribution in [0.4, 0.5) is 11.4 Å². The highest BCUT2D eigenvalue weighted by Gasteiger charge is 2.27. The number of piperidine rings is 1. The predicted octanol–water partition coefficient (Wildman–Crippen LogP) is 3.13. The van der Waals surface area contributed by atoms with Crippen LogP contribution >= 0.6 is 0 Å². The second kappa shape index (κ2) is 9.73. The third kappa shape index (κ3) is 5.41. The zero-order chi connectivity index (χ0) is 18.2. The van der Waals surface area contributed by atoms with Gasteiger partial charge in [-0.2, -0.15) is 0 Å². The lowest BCUT2D eigenvalue weighted by Gasteiger charge is -2.42. The molecule has 1 aromatic rings. The topological polar surface area (TPSA) is 61.7 Å². The Balaban J connectivity index is 0.00000109. The summed E-state index contributed by atoms with van der Waals surface area (Å²) in [6, 6.07) is 7.54. The van der Waals surface area contributed by atoms with E-state index in [2.05, 4.69) is 22.2 Å². The zero-order valence-corrected chi connectivity index (χ0v) is 15.8. The van der Waals surface area contributed by atoms with Crippen molar-refractivity contribution >= 4 is 11.4 Å². The van der Waals surface area contributed by atoms with Crippen molar-refractivity contribution in [3.63, 3.8) is 0 Å². The molecule has 25 heavy (non-hydrogen) atoms. The lowest BCUT2D eigenvalue weighted by atomic mass is 9.89. The number of piperazine rings is 1. The van der Waals surface area contributed by atoms with Crippen LogP contribution in [0.1, 0.15) is 33.1 Å². The molecule has 0 aromatic heterocycles. The Hall–Kier alpha value is -1.66. The van der Waals surface area contributed by atoms with E-state index < -0.39 is 0 Å². The first-order chi connectivity index (χ1) is 12.1. The molecule has 3 rings (SSSR count). The number of likely N-dealkylation sites (N-methyl/N-ethyl adjacent to an activating group) is 1. The molecule has 6 nitrogen and oxygen atoms in total. The minimum atomic E-state index is -0.340. The largest absolute Gasteiger partial charge is 0.369 e. The molecule has 0 aliphatic carbocycles. The Morgan fingerprint density at radius 3 is 2.40 bits per heavy atom. The fraction of sp³-hybridized carbons (Fsp3) is 0.684. The summed E-state index contributed by atoms with van der Waals surface area (Å²) in [7, 11) is 2.22. The average Bonchev–Trinajstić information content (AvgIpc) is 2.66. The van der Waals surface area contributed by atoms with Crippen molar-refractivity contribution in [3.05, 3.63) is 34.4 Å². The summed E-state index contributed by atoms with van der Waals surface area (Å²) in [6.07, 6.45) is 3.81. The van der Waals surface area contributed by atoms with E-state index >= 15 is 0 Å². The number of rotatable bonds is 4. The van der Waals surface area contributed by atoms with Gasteiger partial charge in [0.15, 0.2) is 0 Å². The van der Waals surface area contributed by atoms with Crippen LogP contribution in [-0.4, -0.2) is 55.6 Å². The van der Waals surface area contributed by atoms with E-state index in [1.807, 2.05) is 26.0 Å². The molecule has 1 atom stereocenters. The maximum absolute atomic E-state index is 10.8. The summed E-state index contributed by atoms with van der Waals surface area (Å²) < 4.78 is 0. The van der Waals surface area contributed by atoms with Crippen LogP contribution < -0.4 is 10.2 Å². The second-order valence-electron chi connectivity index (χ2n) is 6.78. The summed E-state index contributed by atoms with van der Waals surface area (Å²) in [6.45, 7) is 9.34. The average molecular weight is 348 g/mol. The number of benzene rings is 1. The smallest absolute Gasteiger partial charge is 0.269 e. The molecule has 2 fully saturated rings. The molecule has 6 heteroatoms.